The Morgan fingerprint density at radius 1 is 1.04 bits per heavy atom. The van der Waals surface area contributed by atoms with E-state index < -0.39 is 0 Å². The van der Waals surface area contributed by atoms with E-state index in [-0.39, 0.29) is 0 Å². The normalized spacial score (nSPS) is 11.1. The van der Waals surface area contributed by atoms with Gasteiger partial charge in [-0.05, 0) is 51.8 Å². The molecule has 7 heteroatoms. The van der Waals surface area contributed by atoms with E-state index in [0.29, 0.717) is 21.9 Å². The highest BCUT2D eigenvalue weighted by Gasteiger charge is 2.13. The van der Waals surface area contributed by atoms with Crippen molar-refractivity contribution in [1.29, 1.82) is 0 Å². The zero-order valence-electron chi connectivity index (χ0n) is 12.8. The van der Waals surface area contributed by atoms with Crippen molar-refractivity contribution in [3.63, 3.8) is 0 Å². The topological polar surface area (TPSA) is 51.8 Å². The van der Waals surface area contributed by atoms with Gasteiger partial charge in [0.15, 0.2) is 0 Å². The summed E-state index contributed by atoms with van der Waals surface area (Å²) in [5.41, 5.74) is 2.85. The van der Waals surface area contributed by atoms with Gasteiger partial charge in [0.05, 0.1) is 11.1 Å². The van der Waals surface area contributed by atoms with Crippen LogP contribution in [0.15, 0.2) is 68.8 Å². The van der Waals surface area contributed by atoms with Gasteiger partial charge in [0.2, 0.25) is 5.89 Å². The molecule has 4 rings (SSSR count). The van der Waals surface area contributed by atoms with Crippen LogP contribution in [0.2, 0.25) is 5.02 Å². The predicted octanol–water partition coefficient (Wildman–Crippen LogP) is 5.99. The van der Waals surface area contributed by atoms with E-state index in [2.05, 4.69) is 31.1 Å². The fourth-order valence-electron chi connectivity index (χ4n) is 2.46. The largest absolute Gasteiger partial charge is 0.411 e. The summed E-state index contributed by atoms with van der Waals surface area (Å²) in [5, 5.41) is 10.4. The summed E-state index contributed by atoms with van der Waals surface area (Å²) in [4.78, 5) is 4.45. The molecule has 0 saturated heterocycles. The molecule has 4 aromatic rings. The number of nitrogens with zero attached hydrogens (tertiary/aromatic N) is 3. The van der Waals surface area contributed by atoms with Crippen molar-refractivity contribution in [3.8, 4) is 11.5 Å². The number of pyridine rings is 1. The molecule has 0 aliphatic rings. The number of halogens is 2. The number of benzene rings is 2. The maximum absolute atomic E-state index is 6.24. The van der Waals surface area contributed by atoms with E-state index in [1.165, 1.54) is 11.8 Å². The molecule has 0 amide bonds. The number of hydrogen-bond donors (Lipinski definition) is 0. The van der Waals surface area contributed by atoms with E-state index >= 15 is 0 Å². The number of fused-ring (bicyclic) bond motifs is 1. The highest BCUT2D eigenvalue weighted by molar-refractivity contribution is 9.10. The zero-order valence-corrected chi connectivity index (χ0v) is 16.0. The molecule has 2 heterocycles. The van der Waals surface area contributed by atoms with Crippen LogP contribution >= 0.6 is 39.3 Å². The first-order valence-corrected chi connectivity index (χ1v) is 9.61. The second-order valence-corrected chi connectivity index (χ2v) is 7.44. The molecule has 2 aromatic heterocycles. The van der Waals surface area contributed by atoms with Crippen LogP contribution in [0.4, 0.5) is 0 Å². The van der Waals surface area contributed by atoms with E-state index in [0.717, 1.165) is 26.5 Å². The molecule has 0 aliphatic carbocycles. The van der Waals surface area contributed by atoms with Crippen molar-refractivity contribution in [1.82, 2.24) is 15.2 Å². The first-order chi connectivity index (χ1) is 12.2. The smallest absolute Gasteiger partial charge is 0.277 e. The average molecular weight is 433 g/mol. The summed E-state index contributed by atoms with van der Waals surface area (Å²) in [5.74, 6) is 1.16. The Balaban J connectivity index is 1.57. The third kappa shape index (κ3) is 3.42. The molecule has 124 valence electrons. The lowest BCUT2D eigenvalue weighted by Crippen LogP contribution is -1.88. The number of hydrogen-bond acceptors (Lipinski definition) is 5. The molecule has 0 spiro atoms. The molecule has 4 nitrogen and oxygen atoms in total. The van der Waals surface area contributed by atoms with Crippen molar-refractivity contribution >= 4 is 50.2 Å². The molecule has 0 saturated carbocycles. The average Bonchev–Trinajstić information content (AvgIpc) is 3.11. The number of rotatable bonds is 4. The minimum Gasteiger partial charge on any atom is -0.411 e. The molecular formula is C18H11BrClN3OS. The van der Waals surface area contributed by atoms with Gasteiger partial charge in [-0.3, -0.25) is 4.98 Å². The second-order valence-electron chi connectivity index (χ2n) is 5.25. The van der Waals surface area contributed by atoms with Crippen LogP contribution in [0.5, 0.6) is 0 Å². The van der Waals surface area contributed by atoms with Crippen molar-refractivity contribution in [2.24, 2.45) is 0 Å². The van der Waals surface area contributed by atoms with Crippen molar-refractivity contribution < 1.29 is 4.42 Å². The van der Waals surface area contributed by atoms with Crippen molar-refractivity contribution in [2.45, 2.75) is 11.0 Å². The van der Waals surface area contributed by atoms with E-state index in [1.807, 2.05) is 48.5 Å². The van der Waals surface area contributed by atoms with E-state index in [4.69, 9.17) is 16.0 Å². The summed E-state index contributed by atoms with van der Waals surface area (Å²) in [7, 11) is 0. The Hall–Kier alpha value is -1.89. The fraction of sp³-hybridized carbons (Fsp3) is 0.0556. The van der Waals surface area contributed by atoms with Crippen molar-refractivity contribution in [2.75, 3.05) is 0 Å². The van der Waals surface area contributed by atoms with Crippen LogP contribution in [0.25, 0.3) is 22.4 Å². The summed E-state index contributed by atoms with van der Waals surface area (Å²) in [6.45, 7) is 0. The standard InChI is InChI=1S/C18H11BrClN3OS/c19-14-6-2-1-4-12(14)17-22-23-18(24-17)25-10-11-7-8-15(20)13-5-3-9-21-16(11)13/h1-9H,10H2. The molecule has 25 heavy (non-hydrogen) atoms. The molecule has 0 unspecified atom stereocenters. The van der Waals surface area contributed by atoms with Crippen LogP contribution < -0.4 is 0 Å². The molecule has 0 radical (unpaired) electrons. The predicted molar refractivity (Wildman–Crippen MR) is 104 cm³/mol. The lowest BCUT2D eigenvalue weighted by Gasteiger charge is -2.05. The van der Waals surface area contributed by atoms with Gasteiger partial charge in [-0.15, -0.1) is 10.2 Å². The summed E-state index contributed by atoms with van der Waals surface area (Å²) >= 11 is 11.2. The highest BCUT2D eigenvalue weighted by atomic mass is 79.9. The molecule has 0 aliphatic heterocycles. The van der Waals surface area contributed by atoms with Gasteiger partial charge in [-0.25, -0.2) is 0 Å². The minimum absolute atomic E-state index is 0.495. The fourth-order valence-corrected chi connectivity index (χ4v) is 3.88. The van der Waals surface area contributed by atoms with E-state index in [1.54, 1.807) is 6.20 Å². The van der Waals surface area contributed by atoms with Crippen LogP contribution in [-0.4, -0.2) is 15.2 Å². The van der Waals surface area contributed by atoms with Gasteiger partial charge >= 0.3 is 0 Å². The van der Waals surface area contributed by atoms with Gasteiger partial charge in [0.25, 0.3) is 5.22 Å². The van der Waals surface area contributed by atoms with Gasteiger partial charge in [0.1, 0.15) is 0 Å². The maximum atomic E-state index is 6.24. The SMILES string of the molecule is Clc1ccc(CSc2nnc(-c3ccccc3Br)o2)c2ncccc12. The van der Waals surface area contributed by atoms with Gasteiger partial charge in [-0.1, -0.05) is 41.6 Å². The maximum Gasteiger partial charge on any atom is 0.277 e. The lowest BCUT2D eigenvalue weighted by atomic mass is 10.1. The van der Waals surface area contributed by atoms with Crippen molar-refractivity contribution in [3.05, 3.63) is 69.8 Å². The van der Waals surface area contributed by atoms with Crippen LogP contribution in [0.3, 0.4) is 0 Å². The molecule has 0 bridgehead atoms. The van der Waals surface area contributed by atoms with Crippen LogP contribution in [-0.2, 0) is 5.75 Å². The quantitative estimate of drug-likeness (QED) is 0.371. The third-order valence-electron chi connectivity index (χ3n) is 3.66. The Bertz CT molecular complexity index is 1050. The molecule has 0 N–H and O–H groups in total. The van der Waals surface area contributed by atoms with Gasteiger partial charge in [0, 0.05) is 26.8 Å². The Labute approximate surface area is 161 Å². The summed E-state index contributed by atoms with van der Waals surface area (Å²) in [6, 6.07) is 15.5. The minimum atomic E-state index is 0.495. The lowest BCUT2D eigenvalue weighted by molar-refractivity contribution is 0.465. The van der Waals surface area contributed by atoms with E-state index in [9.17, 15) is 0 Å². The van der Waals surface area contributed by atoms with Crippen LogP contribution in [0.1, 0.15) is 5.56 Å². The number of aromatic nitrogens is 3. The number of thioether (sulfide) groups is 1. The summed E-state index contributed by atoms with van der Waals surface area (Å²) in [6.07, 6.45) is 1.77. The van der Waals surface area contributed by atoms with Gasteiger partial charge < -0.3 is 4.42 Å². The first kappa shape index (κ1) is 16.6. The Kier molecular flexibility index (Phi) is 4.74. The second kappa shape index (κ2) is 7.15. The third-order valence-corrected chi connectivity index (χ3v) is 5.55. The Morgan fingerprint density at radius 3 is 2.80 bits per heavy atom. The summed E-state index contributed by atoms with van der Waals surface area (Å²) < 4.78 is 6.69. The Morgan fingerprint density at radius 2 is 1.92 bits per heavy atom. The molecule has 0 fully saturated rings. The first-order valence-electron chi connectivity index (χ1n) is 7.45. The van der Waals surface area contributed by atoms with Crippen LogP contribution in [0, 0.1) is 0 Å². The zero-order chi connectivity index (χ0) is 17.2. The highest BCUT2D eigenvalue weighted by Crippen LogP contribution is 2.32. The monoisotopic (exact) mass is 431 g/mol. The molecular weight excluding hydrogens is 422 g/mol. The van der Waals surface area contributed by atoms with Gasteiger partial charge in [-0.2, -0.15) is 0 Å². The molecule has 2 aromatic carbocycles. The molecule has 0 atom stereocenters.